The van der Waals surface area contributed by atoms with Crippen LogP contribution in [0.25, 0.3) is 0 Å². The van der Waals surface area contributed by atoms with Crippen molar-refractivity contribution in [1.29, 1.82) is 0 Å². The number of hydrazine groups is 2. The van der Waals surface area contributed by atoms with Gasteiger partial charge >= 0.3 is 5.97 Å². The SMILES string of the molecule is CCCC(NC(=O)[C@@H]1[C@H]2CCC[C@H]2CN1C(=O)[C@@H](NC(=O)[C@@H](NC(=O)CCCCC1=NNNN1)C(C)C)C(C)C)C(=O)C(=O)N[C@H](Cc1ccccc1)C(=O)O. The van der Waals surface area contributed by atoms with Gasteiger partial charge in [0.1, 0.15) is 30.0 Å². The molecule has 4 rings (SSSR count). The summed E-state index contributed by atoms with van der Waals surface area (Å²) >= 11 is 0. The zero-order valence-corrected chi connectivity index (χ0v) is 33.1. The van der Waals surface area contributed by atoms with E-state index in [0.717, 1.165) is 18.7 Å². The van der Waals surface area contributed by atoms with Gasteiger partial charge in [0.2, 0.25) is 29.4 Å². The smallest absolute Gasteiger partial charge is 0.326 e. The lowest BCUT2D eigenvalue weighted by atomic mass is 9.92. The second-order valence-corrected chi connectivity index (χ2v) is 15.7. The van der Waals surface area contributed by atoms with Crippen LogP contribution >= 0.6 is 0 Å². The van der Waals surface area contributed by atoms with Crippen molar-refractivity contribution >= 4 is 47.1 Å². The van der Waals surface area contributed by atoms with Crippen LogP contribution < -0.4 is 37.8 Å². The monoisotopic (exact) mass is 781 g/mol. The minimum atomic E-state index is -1.36. The van der Waals surface area contributed by atoms with Crippen LogP contribution in [0.15, 0.2) is 35.4 Å². The number of likely N-dealkylation sites (tertiary alicyclic amines) is 1. The summed E-state index contributed by atoms with van der Waals surface area (Å²) in [4.78, 5) is 95.3. The highest BCUT2D eigenvalue weighted by molar-refractivity contribution is 6.38. The average molecular weight is 782 g/mol. The van der Waals surface area contributed by atoms with E-state index >= 15 is 0 Å². The number of amidine groups is 1. The van der Waals surface area contributed by atoms with Crippen LogP contribution in [0.1, 0.15) is 98.0 Å². The second kappa shape index (κ2) is 20.7. The molecule has 8 N–H and O–H groups in total. The Labute approximate surface area is 328 Å². The highest BCUT2D eigenvalue weighted by Gasteiger charge is 2.51. The summed E-state index contributed by atoms with van der Waals surface area (Å²) in [5.74, 6) is -5.25. The number of carboxylic acid groups (broad SMARTS) is 1. The van der Waals surface area contributed by atoms with E-state index in [1.807, 2.05) is 13.8 Å². The molecule has 0 aromatic heterocycles. The van der Waals surface area contributed by atoms with Crippen molar-refractivity contribution < 1.29 is 38.7 Å². The Morgan fingerprint density at radius 2 is 1.61 bits per heavy atom. The molecule has 1 saturated carbocycles. The molecule has 0 spiro atoms. The van der Waals surface area contributed by atoms with Gasteiger partial charge in [-0.1, -0.05) is 77.8 Å². The minimum Gasteiger partial charge on any atom is -0.480 e. The van der Waals surface area contributed by atoms with Crippen molar-refractivity contribution in [2.24, 2.45) is 28.8 Å². The number of hydrogen-bond acceptors (Lipinski definition) is 11. The van der Waals surface area contributed by atoms with E-state index in [0.29, 0.717) is 44.2 Å². The van der Waals surface area contributed by atoms with Crippen LogP contribution in [-0.4, -0.2) is 93.9 Å². The number of carbonyl (C=O) groups is 7. The number of aliphatic carboxylic acids is 1. The molecule has 308 valence electrons. The predicted molar refractivity (Wildman–Crippen MR) is 207 cm³/mol. The number of nitrogens with zero attached hydrogens (tertiary/aromatic N) is 2. The molecule has 17 heteroatoms. The van der Waals surface area contributed by atoms with Gasteiger partial charge in [-0.2, -0.15) is 0 Å². The Hall–Kier alpha value is -5.06. The first-order valence-electron chi connectivity index (χ1n) is 19.9. The molecule has 2 heterocycles. The quantitative estimate of drug-likeness (QED) is 0.0648. The summed E-state index contributed by atoms with van der Waals surface area (Å²) in [7, 11) is 0. The van der Waals surface area contributed by atoms with Gasteiger partial charge in [-0.3, -0.25) is 34.2 Å². The van der Waals surface area contributed by atoms with Crippen molar-refractivity contribution in [2.75, 3.05) is 6.54 Å². The number of ketones is 1. The maximum atomic E-state index is 14.4. The lowest BCUT2D eigenvalue weighted by molar-refractivity contribution is -0.146. The molecule has 0 radical (unpaired) electrons. The normalized spacial score (nSPS) is 20.8. The Kier molecular flexibility index (Phi) is 16.2. The summed E-state index contributed by atoms with van der Waals surface area (Å²) in [5, 5.41) is 24.6. The number of hydrazone groups is 1. The van der Waals surface area contributed by atoms with E-state index in [9.17, 15) is 38.7 Å². The molecular formula is C39H59N9O8. The van der Waals surface area contributed by atoms with Crippen LogP contribution in [-0.2, 0) is 40.0 Å². The standard InChI is InChI=1S/C39H59N9O8/c1-6-13-27(34(50)37(53)41-28(39(55)56)20-24-14-8-7-9-15-24)40-36(52)33-26-17-12-16-25(26)21-48(33)38(54)32(23(4)5)43-35(51)31(22(2)3)42-30(49)19-11-10-18-29-44-46-47-45-29/h7-9,14-15,22-23,25-28,31-33,46-47H,6,10-13,16-21H2,1-5H3,(H,40,52)(H,41,53)(H,42,49)(H,43,51)(H,44,45)(H,55,56)/t25-,26-,27?,28+,31-,32-,33-/m0/s1. The first-order valence-corrected chi connectivity index (χ1v) is 19.9. The number of amides is 5. The molecule has 1 unspecified atom stereocenters. The molecule has 7 atom stereocenters. The van der Waals surface area contributed by atoms with Crippen LogP contribution in [0, 0.1) is 23.7 Å². The van der Waals surface area contributed by atoms with Crippen molar-refractivity contribution in [3.05, 3.63) is 35.9 Å². The molecule has 0 bridgehead atoms. The summed E-state index contributed by atoms with van der Waals surface area (Å²) < 4.78 is 0. The molecule has 3 aliphatic rings. The molecule has 56 heavy (non-hydrogen) atoms. The van der Waals surface area contributed by atoms with Gasteiger partial charge in [0, 0.05) is 25.8 Å². The van der Waals surface area contributed by atoms with Crippen LogP contribution in [0.5, 0.6) is 0 Å². The summed E-state index contributed by atoms with van der Waals surface area (Å²) in [5.41, 5.74) is 8.77. The van der Waals surface area contributed by atoms with Crippen LogP contribution in [0.2, 0.25) is 0 Å². The number of unbranched alkanes of at least 4 members (excludes halogenated alkanes) is 1. The summed E-state index contributed by atoms with van der Waals surface area (Å²) in [6.07, 6.45) is 5.05. The Balaban J connectivity index is 1.43. The molecular weight excluding hydrogens is 722 g/mol. The summed E-state index contributed by atoms with van der Waals surface area (Å²) in [6, 6.07) is 3.25. The molecule has 2 aliphatic heterocycles. The van der Waals surface area contributed by atoms with E-state index < -0.39 is 65.6 Å². The zero-order chi connectivity index (χ0) is 40.9. The van der Waals surface area contributed by atoms with Crippen LogP contribution in [0.3, 0.4) is 0 Å². The molecule has 2 fully saturated rings. The number of benzene rings is 1. The number of carboxylic acids is 1. The van der Waals surface area contributed by atoms with Gasteiger partial charge in [0.05, 0.1) is 6.04 Å². The predicted octanol–water partition coefficient (Wildman–Crippen LogP) is 1.05. The van der Waals surface area contributed by atoms with Crippen molar-refractivity contribution in [1.82, 2.24) is 42.7 Å². The van der Waals surface area contributed by atoms with E-state index in [1.165, 1.54) is 4.90 Å². The molecule has 17 nitrogen and oxygen atoms in total. The third-order valence-electron chi connectivity index (χ3n) is 10.8. The lowest BCUT2D eigenvalue weighted by Gasteiger charge is -2.34. The fraction of sp³-hybridized carbons (Fsp3) is 0.641. The molecule has 1 aromatic rings. The third-order valence-corrected chi connectivity index (χ3v) is 10.8. The van der Waals surface area contributed by atoms with Crippen molar-refractivity contribution in [2.45, 2.75) is 129 Å². The number of fused-ring (bicyclic) bond motifs is 1. The van der Waals surface area contributed by atoms with E-state index in [2.05, 4.69) is 42.9 Å². The fourth-order valence-electron chi connectivity index (χ4n) is 7.76. The molecule has 5 amide bonds. The van der Waals surface area contributed by atoms with E-state index in [4.69, 9.17) is 0 Å². The Bertz CT molecular complexity index is 1600. The third kappa shape index (κ3) is 11.7. The van der Waals surface area contributed by atoms with Gasteiger partial charge in [-0.25, -0.2) is 10.3 Å². The van der Waals surface area contributed by atoms with Gasteiger partial charge < -0.3 is 31.3 Å². The number of rotatable bonds is 21. The maximum Gasteiger partial charge on any atom is 0.326 e. The highest BCUT2D eigenvalue weighted by atomic mass is 16.4. The number of Topliss-reactive ketones (excluding diaryl/α,β-unsaturated/α-hetero) is 1. The van der Waals surface area contributed by atoms with Crippen molar-refractivity contribution in [3.63, 3.8) is 0 Å². The fourth-order valence-corrected chi connectivity index (χ4v) is 7.76. The first-order chi connectivity index (χ1) is 26.7. The van der Waals surface area contributed by atoms with E-state index in [1.54, 1.807) is 51.1 Å². The number of hydrogen-bond donors (Lipinski definition) is 8. The first kappa shape index (κ1) is 43.7. The maximum absolute atomic E-state index is 14.4. The molecule has 1 aromatic carbocycles. The Morgan fingerprint density at radius 1 is 0.893 bits per heavy atom. The van der Waals surface area contributed by atoms with Gasteiger partial charge in [0.25, 0.3) is 5.91 Å². The topological polar surface area (TPSA) is 240 Å². The zero-order valence-electron chi connectivity index (χ0n) is 33.1. The van der Waals surface area contributed by atoms with Gasteiger partial charge in [-0.05, 0) is 61.3 Å². The second-order valence-electron chi connectivity index (χ2n) is 15.7. The van der Waals surface area contributed by atoms with Gasteiger partial charge in [-0.15, -0.1) is 10.6 Å². The highest BCUT2D eigenvalue weighted by Crippen LogP contribution is 2.42. The van der Waals surface area contributed by atoms with Crippen molar-refractivity contribution in [3.8, 4) is 0 Å². The minimum absolute atomic E-state index is 0.0363. The lowest BCUT2D eigenvalue weighted by Crippen LogP contribution is -2.60. The summed E-state index contributed by atoms with van der Waals surface area (Å²) in [6.45, 7) is 9.30. The number of carbonyl (C=O) groups excluding carboxylic acids is 6. The van der Waals surface area contributed by atoms with E-state index in [-0.39, 0.29) is 48.8 Å². The molecule has 1 aliphatic carbocycles. The Morgan fingerprint density at radius 3 is 2.23 bits per heavy atom. The average Bonchev–Trinajstić information content (AvgIpc) is 3.92. The largest absolute Gasteiger partial charge is 0.480 e. The number of nitrogens with one attached hydrogen (secondary N) is 7. The van der Waals surface area contributed by atoms with Gasteiger partial charge in [0.15, 0.2) is 0 Å². The molecule has 1 saturated heterocycles. The van der Waals surface area contributed by atoms with Crippen LogP contribution in [0.4, 0.5) is 0 Å².